The summed E-state index contributed by atoms with van der Waals surface area (Å²) in [5.74, 6) is 1.58. The summed E-state index contributed by atoms with van der Waals surface area (Å²) < 4.78 is 11.2. The number of benzene rings is 1. The van der Waals surface area contributed by atoms with Gasteiger partial charge in [0, 0.05) is 62.4 Å². The average Bonchev–Trinajstić information content (AvgIpc) is 3.43. The van der Waals surface area contributed by atoms with Gasteiger partial charge in [-0.2, -0.15) is 0 Å². The molecule has 2 aromatic rings. The van der Waals surface area contributed by atoms with Crippen molar-refractivity contribution in [1.29, 1.82) is 0 Å². The van der Waals surface area contributed by atoms with Crippen LogP contribution in [0, 0.1) is 5.92 Å². The lowest BCUT2D eigenvalue weighted by atomic mass is 9.91. The predicted molar refractivity (Wildman–Crippen MR) is 143 cm³/mol. The molecule has 35 heavy (non-hydrogen) atoms. The minimum absolute atomic E-state index is 0.415. The summed E-state index contributed by atoms with van der Waals surface area (Å²) >= 11 is 6.59. The van der Waals surface area contributed by atoms with Crippen LogP contribution in [0.1, 0.15) is 51.4 Å². The Kier molecular flexibility index (Phi) is 8.79. The Labute approximate surface area is 214 Å². The molecule has 0 radical (unpaired) electrons. The molecule has 2 aliphatic heterocycles. The van der Waals surface area contributed by atoms with E-state index in [4.69, 9.17) is 21.1 Å². The smallest absolute Gasteiger partial charge is 0.126 e. The molecule has 1 aromatic carbocycles. The molecule has 7 heteroatoms. The molecule has 1 unspecified atom stereocenters. The number of pyridine rings is 1. The Morgan fingerprint density at radius 1 is 0.914 bits per heavy atom. The van der Waals surface area contributed by atoms with E-state index in [-0.39, 0.29) is 0 Å². The molecular weight excluding hydrogens is 460 g/mol. The number of hydrogen-bond donors (Lipinski definition) is 3. The molecule has 6 nitrogen and oxygen atoms in total. The van der Waals surface area contributed by atoms with Crippen molar-refractivity contribution in [2.24, 2.45) is 5.92 Å². The highest BCUT2D eigenvalue weighted by Gasteiger charge is 2.23. The van der Waals surface area contributed by atoms with Crippen LogP contribution in [0.15, 0.2) is 36.5 Å². The van der Waals surface area contributed by atoms with Crippen molar-refractivity contribution in [2.75, 3.05) is 43.5 Å². The number of rotatable bonds is 9. The van der Waals surface area contributed by atoms with Crippen LogP contribution in [0.25, 0.3) is 11.1 Å². The summed E-state index contributed by atoms with van der Waals surface area (Å²) in [5.41, 5.74) is 3.26. The maximum atomic E-state index is 6.59. The van der Waals surface area contributed by atoms with Crippen molar-refractivity contribution in [3.63, 3.8) is 0 Å². The zero-order valence-electron chi connectivity index (χ0n) is 20.6. The highest BCUT2D eigenvalue weighted by molar-refractivity contribution is 6.33. The second-order valence-corrected chi connectivity index (χ2v) is 10.7. The normalized spacial score (nSPS) is 25.5. The van der Waals surface area contributed by atoms with E-state index >= 15 is 0 Å². The van der Waals surface area contributed by atoms with E-state index < -0.39 is 0 Å². The molecule has 3 fully saturated rings. The molecule has 1 saturated carbocycles. The van der Waals surface area contributed by atoms with Crippen LogP contribution in [0.2, 0.25) is 5.02 Å². The molecule has 1 atom stereocenters. The number of ether oxygens (including phenoxy) is 2. The molecule has 1 aliphatic carbocycles. The topological polar surface area (TPSA) is 67.4 Å². The molecule has 3 aliphatic rings. The molecule has 5 rings (SSSR count). The molecular formula is C28H39ClN4O2. The fourth-order valence-electron chi connectivity index (χ4n) is 5.50. The average molecular weight is 499 g/mol. The van der Waals surface area contributed by atoms with Gasteiger partial charge in [-0.15, -0.1) is 0 Å². The number of anilines is 2. The van der Waals surface area contributed by atoms with E-state index in [9.17, 15) is 0 Å². The Bertz CT molecular complexity index is 938. The molecule has 3 N–H and O–H groups in total. The number of nitrogens with zero attached hydrogens (tertiary/aromatic N) is 1. The lowest BCUT2D eigenvalue weighted by Gasteiger charge is -2.30. The van der Waals surface area contributed by atoms with E-state index in [1.165, 1.54) is 25.7 Å². The van der Waals surface area contributed by atoms with E-state index in [2.05, 4.69) is 51.3 Å². The van der Waals surface area contributed by atoms with Gasteiger partial charge in [-0.3, -0.25) is 0 Å². The summed E-state index contributed by atoms with van der Waals surface area (Å²) in [4.78, 5) is 4.58. The van der Waals surface area contributed by atoms with Gasteiger partial charge in [0.15, 0.2) is 0 Å². The second-order valence-electron chi connectivity index (χ2n) is 10.3. The summed E-state index contributed by atoms with van der Waals surface area (Å²) in [7, 11) is 0. The van der Waals surface area contributed by atoms with Crippen LogP contribution >= 0.6 is 11.6 Å². The Balaban J connectivity index is 1.15. The second kappa shape index (κ2) is 12.4. The lowest BCUT2D eigenvalue weighted by Crippen LogP contribution is -2.40. The number of halogens is 1. The number of nitrogens with one attached hydrogen (secondary N) is 3. The maximum absolute atomic E-state index is 6.59. The van der Waals surface area contributed by atoms with Gasteiger partial charge >= 0.3 is 0 Å². The van der Waals surface area contributed by atoms with Crippen LogP contribution < -0.4 is 16.0 Å². The molecule has 190 valence electrons. The van der Waals surface area contributed by atoms with Crippen molar-refractivity contribution in [2.45, 2.75) is 69.6 Å². The fraction of sp³-hybridized carbons (Fsp3) is 0.607. The SMILES string of the molecule is Clc1cnc(NC2CCC(NCC3CCCO3)CC2)cc1-c1cccc(NCC2CCOCC2)c1. The highest BCUT2D eigenvalue weighted by atomic mass is 35.5. The minimum Gasteiger partial charge on any atom is -0.385 e. The van der Waals surface area contributed by atoms with E-state index in [1.807, 2.05) is 0 Å². The third kappa shape index (κ3) is 7.10. The van der Waals surface area contributed by atoms with Gasteiger partial charge in [0.1, 0.15) is 5.82 Å². The largest absolute Gasteiger partial charge is 0.385 e. The van der Waals surface area contributed by atoms with Gasteiger partial charge < -0.3 is 25.4 Å². The Morgan fingerprint density at radius 2 is 1.74 bits per heavy atom. The summed E-state index contributed by atoms with van der Waals surface area (Å²) in [6.45, 7) is 4.66. The van der Waals surface area contributed by atoms with Crippen molar-refractivity contribution in [3.05, 3.63) is 41.6 Å². The third-order valence-corrected chi connectivity index (χ3v) is 8.00. The van der Waals surface area contributed by atoms with Crippen LogP contribution in [0.4, 0.5) is 11.5 Å². The third-order valence-electron chi connectivity index (χ3n) is 7.70. The summed E-state index contributed by atoms with van der Waals surface area (Å²) in [5, 5.41) is 11.7. The van der Waals surface area contributed by atoms with Gasteiger partial charge in [0.2, 0.25) is 0 Å². The van der Waals surface area contributed by atoms with Crippen LogP contribution in [0.3, 0.4) is 0 Å². The minimum atomic E-state index is 0.415. The van der Waals surface area contributed by atoms with Crippen LogP contribution in [0.5, 0.6) is 0 Å². The fourth-order valence-corrected chi connectivity index (χ4v) is 5.72. The van der Waals surface area contributed by atoms with Gasteiger partial charge in [0.05, 0.1) is 11.1 Å². The summed E-state index contributed by atoms with van der Waals surface area (Å²) in [6.07, 6.45) is 11.5. The molecule has 0 bridgehead atoms. The predicted octanol–water partition coefficient (Wildman–Crippen LogP) is 5.73. The zero-order chi connectivity index (χ0) is 23.9. The first-order valence-electron chi connectivity index (χ1n) is 13.4. The zero-order valence-corrected chi connectivity index (χ0v) is 21.4. The Hall–Kier alpha value is -1.86. The lowest BCUT2D eigenvalue weighted by molar-refractivity contribution is 0.0699. The molecule has 3 heterocycles. The standard InChI is InChI=1S/C28H39ClN4O2/c29-27-19-32-28(33-23-8-6-22(7-9-23)31-18-25-5-2-12-35-25)16-26(27)21-3-1-4-24(15-21)30-17-20-10-13-34-14-11-20/h1,3-4,15-16,19-20,22-23,25,30-31H,2,5-14,17-18H2,(H,32,33). The van der Waals surface area contributed by atoms with Crippen LogP contribution in [-0.2, 0) is 9.47 Å². The molecule has 0 amide bonds. The first-order valence-corrected chi connectivity index (χ1v) is 13.8. The van der Waals surface area contributed by atoms with Crippen molar-refractivity contribution >= 4 is 23.1 Å². The van der Waals surface area contributed by atoms with Crippen molar-refractivity contribution < 1.29 is 9.47 Å². The molecule has 0 spiro atoms. The van der Waals surface area contributed by atoms with Crippen molar-refractivity contribution in [3.8, 4) is 11.1 Å². The quantitative estimate of drug-likeness (QED) is 0.410. The van der Waals surface area contributed by atoms with Crippen molar-refractivity contribution in [1.82, 2.24) is 10.3 Å². The van der Waals surface area contributed by atoms with Gasteiger partial charge in [-0.1, -0.05) is 23.7 Å². The van der Waals surface area contributed by atoms with Gasteiger partial charge in [-0.25, -0.2) is 4.98 Å². The molecule has 1 aromatic heterocycles. The van der Waals surface area contributed by atoms with Gasteiger partial charge in [0.25, 0.3) is 0 Å². The monoisotopic (exact) mass is 498 g/mol. The Morgan fingerprint density at radius 3 is 2.54 bits per heavy atom. The van der Waals surface area contributed by atoms with E-state index in [1.54, 1.807) is 6.20 Å². The van der Waals surface area contributed by atoms with E-state index in [0.717, 1.165) is 81.2 Å². The summed E-state index contributed by atoms with van der Waals surface area (Å²) in [6, 6.07) is 11.7. The van der Waals surface area contributed by atoms with Crippen LogP contribution in [-0.4, -0.2) is 56.1 Å². The molecule has 2 saturated heterocycles. The van der Waals surface area contributed by atoms with E-state index in [0.29, 0.717) is 29.1 Å². The number of hydrogen-bond acceptors (Lipinski definition) is 6. The number of aromatic nitrogens is 1. The first-order chi connectivity index (χ1) is 17.2. The highest BCUT2D eigenvalue weighted by Crippen LogP contribution is 2.32. The van der Waals surface area contributed by atoms with Gasteiger partial charge in [-0.05, 0) is 81.0 Å². The first kappa shape index (κ1) is 24.8. The maximum Gasteiger partial charge on any atom is 0.126 e.